The fourth-order valence-electron chi connectivity index (χ4n) is 2.04. The SMILES string of the molecule is O=C1CC(O)CN1c1cccc(-c2nn[nH]n2)c1. The normalized spacial score (nSPS) is 19.5. The first kappa shape index (κ1) is 10.8. The molecule has 92 valence electrons. The van der Waals surface area contributed by atoms with Gasteiger partial charge in [0.2, 0.25) is 11.7 Å². The molecule has 7 heteroatoms. The minimum Gasteiger partial charge on any atom is -0.391 e. The monoisotopic (exact) mass is 245 g/mol. The zero-order chi connectivity index (χ0) is 12.5. The molecule has 0 radical (unpaired) electrons. The lowest BCUT2D eigenvalue weighted by atomic mass is 10.2. The number of nitrogens with zero attached hydrogens (tertiary/aromatic N) is 4. The van der Waals surface area contributed by atoms with E-state index in [0.29, 0.717) is 12.4 Å². The molecule has 1 amide bonds. The van der Waals surface area contributed by atoms with Gasteiger partial charge in [-0.15, -0.1) is 10.2 Å². The second kappa shape index (κ2) is 4.19. The summed E-state index contributed by atoms with van der Waals surface area (Å²) < 4.78 is 0. The number of aliphatic hydroxyl groups is 1. The molecule has 3 rings (SSSR count). The highest BCUT2D eigenvalue weighted by atomic mass is 16.3. The predicted molar refractivity (Wildman–Crippen MR) is 62.6 cm³/mol. The topological polar surface area (TPSA) is 95.0 Å². The molecule has 7 nitrogen and oxygen atoms in total. The van der Waals surface area contributed by atoms with Crippen molar-refractivity contribution in [3.05, 3.63) is 24.3 Å². The van der Waals surface area contributed by atoms with Crippen LogP contribution in [0.15, 0.2) is 24.3 Å². The number of amides is 1. The maximum atomic E-state index is 11.7. The third-order valence-electron chi connectivity index (χ3n) is 2.87. The number of aromatic amines is 1. The standard InChI is InChI=1S/C11H11N5O2/c17-9-5-10(18)16(6-9)8-3-1-2-7(4-8)11-12-14-15-13-11/h1-4,9,17H,5-6H2,(H,12,13,14,15). The molecule has 1 unspecified atom stereocenters. The molecule has 0 spiro atoms. The smallest absolute Gasteiger partial charge is 0.229 e. The third-order valence-corrected chi connectivity index (χ3v) is 2.87. The number of hydrogen-bond acceptors (Lipinski definition) is 5. The molecule has 2 N–H and O–H groups in total. The number of anilines is 1. The van der Waals surface area contributed by atoms with Crippen LogP contribution in [-0.2, 0) is 4.79 Å². The van der Waals surface area contributed by atoms with Crippen LogP contribution >= 0.6 is 0 Å². The molecule has 2 heterocycles. The molecule has 0 saturated carbocycles. The van der Waals surface area contributed by atoms with Crippen molar-refractivity contribution in [1.82, 2.24) is 20.6 Å². The summed E-state index contributed by atoms with van der Waals surface area (Å²) in [4.78, 5) is 13.3. The lowest BCUT2D eigenvalue weighted by molar-refractivity contribution is -0.117. The van der Waals surface area contributed by atoms with E-state index >= 15 is 0 Å². The maximum absolute atomic E-state index is 11.7. The molecule has 1 fully saturated rings. The number of hydrogen-bond donors (Lipinski definition) is 2. The van der Waals surface area contributed by atoms with Gasteiger partial charge in [0.15, 0.2) is 0 Å². The van der Waals surface area contributed by atoms with E-state index in [1.807, 2.05) is 18.2 Å². The molecule has 2 aromatic rings. The zero-order valence-electron chi connectivity index (χ0n) is 9.45. The molecular formula is C11H11N5O2. The third kappa shape index (κ3) is 1.84. The van der Waals surface area contributed by atoms with Gasteiger partial charge >= 0.3 is 0 Å². The van der Waals surface area contributed by atoms with E-state index in [2.05, 4.69) is 20.6 Å². The number of carbonyl (C=O) groups excluding carboxylic acids is 1. The number of aromatic nitrogens is 4. The van der Waals surface area contributed by atoms with Crippen LogP contribution in [0.2, 0.25) is 0 Å². The van der Waals surface area contributed by atoms with Gasteiger partial charge in [0.05, 0.1) is 19.1 Å². The van der Waals surface area contributed by atoms with Crippen molar-refractivity contribution in [3.63, 3.8) is 0 Å². The highest BCUT2D eigenvalue weighted by Crippen LogP contribution is 2.25. The summed E-state index contributed by atoms with van der Waals surface area (Å²) in [6, 6.07) is 7.28. The van der Waals surface area contributed by atoms with E-state index in [-0.39, 0.29) is 12.3 Å². The van der Waals surface area contributed by atoms with Crippen molar-refractivity contribution in [2.45, 2.75) is 12.5 Å². The Balaban J connectivity index is 1.94. The predicted octanol–water partition coefficient (Wildman–Crippen LogP) is -0.0357. The van der Waals surface area contributed by atoms with Gasteiger partial charge in [0, 0.05) is 11.3 Å². The summed E-state index contributed by atoms with van der Waals surface area (Å²) in [5.74, 6) is 0.400. The summed E-state index contributed by atoms with van der Waals surface area (Å²) in [5.41, 5.74) is 1.51. The summed E-state index contributed by atoms with van der Waals surface area (Å²) in [5, 5.41) is 23.1. The van der Waals surface area contributed by atoms with E-state index in [4.69, 9.17) is 0 Å². The Morgan fingerprint density at radius 2 is 2.33 bits per heavy atom. The lowest BCUT2D eigenvalue weighted by Crippen LogP contribution is -2.25. The van der Waals surface area contributed by atoms with Crippen molar-refractivity contribution < 1.29 is 9.90 Å². The van der Waals surface area contributed by atoms with Gasteiger partial charge in [-0.05, 0) is 17.3 Å². The number of carbonyl (C=O) groups is 1. The van der Waals surface area contributed by atoms with Gasteiger partial charge in [-0.25, -0.2) is 0 Å². The Kier molecular flexibility index (Phi) is 2.52. The van der Waals surface area contributed by atoms with Crippen molar-refractivity contribution in [3.8, 4) is 11.4 Å². The van der Waals surface area contributed by atoms with Crippen LogP contribution in [0, 0.1) is 0 Å². The number of rotatable bonds is 2. The van der Waals surface area contributed by atoms with Crippen molar-refractivity contribution in [2.75, 3.05) is 11.4 Å². The number of H-pyrrole nitrogens is 1. The molecular weight excluding hydrogens is 234 g/mol. The molecule has 1 aromatic carbocycles. The highest BCUT2D eigenvalue weighted by molar-refractivity contribution is 5.96. The van der Waals surface area contributed by atoms with Crippen molar-refractivity contribution >= 4 is 11.6 Å². The van der Waals surface area contributed by atoms with Gasteiger partial charge in [-0.3, -0.25) is 4.79 Å². The van der Waals surface area contributed by atoms with Crippen LogP contribution in [-0.4, -0.2) is 44.3 Å². The van der Waals surface area contributed by atoms with E-state index in [0.717, 1.165) is 11.3 Å². The summed E-state index contributed by atoms with van der Waals surface area (Å²) in [6.07, 6.45) is -0.418. The van der Waals surface area contributed by atoms with E-state index < -0.39 is 6.10 Å². The maximum Gasteiger partial charge on any atom is 0.229 e. The fraction of sp³-hybridized carbons (Fsp3) is 0.273. The Morgan fingerprint density at radius 1 is 1.44 bits per heavy atom. The zero-order valence-corrected chi connectivity index (χ0v) is 9.45. The molecule has 1 aromatic heterocycles. The highest BCUT2D eigenvalue weighted by Gasteiger charge is 2.29. The molecule has 18 heavy (non-hydrogen) atoms. The minimum absolute atomic E-state index is 0.0761. The Morgan fingerprint density at radius 3 is 3.00 bits per heavy atom. The average Bonchev–Trinajstić information content (AvgIpc) is 2.99. The van der Waals surface area contributed by atoms with Gasteiger partial charge < -0.3 is 10.0 Å². The number of tetrazole rings is 1. The second-order valence-electron chi connectivity index (χ2n) is 4.15. The minimum atomic E-state index is -0.591. The molecule has 1 saturated heterocycles. The molecule has 0 aliphatic carbocycles. The number of aliphatic hydroxyl groups excluding tert-OH is 1. The second-order valence-corrected chi connectivity index (χ2v) is 4.15. The Bertz CT molecular complexity index is 569. The van der Waals surface area contributed by atoms with Crippen LogP contribution in [0.25, 0.3) is 11.4 Å². The van der Waals surface area contributed by atoms with Gasteiger partial charge in [-0.1, -0.05) is 12.1 Å². The summed E-state index contributed by atoms with van der Waals surface area (Å²) in [7, 11) is 0. The average molecular weight is 245 g/mol. The number of benzene rings is 1. The first-order chi connectivity index (χ1) is 8.74. The van der Waals surface area contributed by atoms with Crippen molar-refractivity contribution in [2.24, 2.45) is 0 Å². The van der Waals surface area contributed by atoms with E-state index in [1.54, 1.807) is 11.0 Å². The number of β-amino-alcohol motifs (C(OH)–C–C–N with tert-alkyl or cyclic N) is 1. The van der Waals surface area contributed by atoms with Crippen LogP contribution in [0.4, 0.5) is 5.69 Å². The molecule has 0 bridgehead atoms. The molecule has 1 aliphatic heterocycles. The first-order valence-electron chi connectivity index (χ1n) is 5.56. The fourth-order valence-corrected chi connectivity index (χ4v) is 2.04. The van der Waals surface area contributed by atoms with Gasteiger partial charge in [-0.2, -0.15) is 5.21 Å². The van der Waals surface area contributed by atoms with Crippen LogP contribution in [0.3, 0.4) is 0 Å². The Labute approximate surface area is 102 Å². The van der Waals surface area contributed by atoms with Crippen LogP contribution in [0.5, 0.6) is 0 Å². The summed E-state index contributed by atoms with van der Waals surface area (Å²) in [6.45, 7) is 0.328. The lowest BCUT2D eigenvalue weighted by Gasteiger charge is -2.16. The van der Waals surface area contributed by atoms with Crippen LogP contribution < -0.4 is 4.90 Å². The van der Waals surface area contributed by atoms with Crippen molar-refractivity contribution in [1.29, 1.82) is 0 Å². The molecule has 1 aliphatic rings. The van der Waals surface area contributed by atoms with Crippen LogP contribution in [0.1, 0.15) is 6.42 Å². The van der Waals surface area contributed by atoms with E-state index in [1.165, 1.54) is 0 Å². The summed E-state index contributed by atoms with van der Waals surface area (Å²) >= 11 is 0. The van der Waals surface area contributed by atoms with Gasteiger partial charge in [0.25, 0.3) is 0 Å². The molecule has 1 atom stereocenters. The van der Waals surface area contributed by atoms with Gasteiger partial charge in [0.1, 0.15) is 0 Å². The first-order valence-corrected chi connectivity index (χ1v) is 5.56. The van der Waals surface area contributed by atoms with E-state index in [9.17, 15) is 9.90 Å². The largest absolute Gasteiger partial charge is 0.391 e. The number of nitrogens with one attached hydrogen (secondary N) is 1. The Hall–Kier alpha value is -2.28. The quantitative estimate of drug-likeness (QED) is 0.774.